The van der Waals surface area contributed by atoms with Crippen LogP contribution in [0.15, 0.2) is 89.5 Å². The van der Waals surface area contributed by atoms with Crippen LogP contribution in [0.25, 0.3) is 11.5 Å². The van der Waals surface area contributed by atoms with Crippen molar-refractivity contribution in [3.63, 3.8) is 0 Å². The van der Waals surface area contributed by atoms with Crippen LogP contribution in [0.4, 0.5) is 4.79 Å². The number of aryl methyl sites for hydroxylation is 2. The largest absolute Gasteiger partial charge is 0.508 e. The molecule has 0 unspecified atom stereocenters. The van der Waals surface area contributed by atoms with Gasteiger partial charge >= 0.3 is 12.1 Å². The number of nitrogens with zero attached hydrogens (tertiary/aromatic N) is 1. The number of nitrogens with one attached hydrogen (secondary N) is 1. The first-order valence-corrected chi connectivity index (χ1v) is 11.5. The summed E-state index contributed by atoms with van der Waals surface area (Å²) in [4.78, 5) is 28.6. The Labute approximate surface area is 208 Å². The van der Waals surface area contributed by atoms with Crippen LogP contribution < -0.4 is 5.32 Å². The molecule has 36 heavy (non-hydrogen) atoms. The first-order valence-electron chi connectivity index (χ1n) is 11.5. The molecule has 184 valence electrons. The minimum Gasteiger partial charge on any atom is -0.508 e. The van der Waals surface area contributed by atoms with Gasteiger partial charge in [-0.3, -0.25) is 0 Å². The van der Waals surface area contributed by atoms with E-state index >= 15 is 0 Å². The molecule has 0 fully saturated rings. The molecule has 0 saturated carbocycles. The van der Waals surface area contributed by atoms with Crippen LogP contribution in [0.2, 0.25) is 0 Å². The van der Waals surface area contributed by atoms with Gasteiger partial charge < -0.3 is 24.7 Å². The summed E-state index contributed by atoms with van der Waals surface area (Å²) < 4.78 is 10.8. The maximum atomic E-state index is 12.2. The number of hydrogen-bond acceptors (Lipinski definition) is 6. The number of hydrogen-bond donors (Lipinski definition) is 3. The van der Waals surface area contributed by atoms with Crippen molar-refractivity contribution < 1.29 is 29.0 Å². The topological polar surface area (TPSA) is 122 Å². The molecule has 0 aliphatic rings. The number of rotatable bonds is 10. The number of carbonyl (C=O) groups excluding carboxylic acids is 1. The van der Waals surface area contributed by atoms with E-state index in [4.69, 9.17) is 9.15 Å². The Bertz CT molecular complexity index is 1300. The number of aromatic hydroxyl groups is 1. The first kappa shape index (κ1) is 24.5. The molecule has 0 aliphatic carbocycles. The number of carbonyl (C=O) groups is 2. The quantitative estimate of drug-likeness (QED) is 0.296. The molecule has 4 rings (SSSR count). The van der Waals surface area contributed by atoms with Gasteiger partial charge in [0, 0.05) is 12.0 Å². The normalized spacial score (nSPS) is 11.6. The second-order valence-corrected chi connectivity index (χ2v) is 8.26. The fourth-order valence-electron chi connectivity index (χ4n) is 3.77. The van der Waals surface area contributed by atoms with E-state index < -0.39 is 18.1 Å². The molecule has 0 bridgehead atoms. The van der Waals surface area contributed by atoms with E-state index in [1.54, 1.807) is 18.4 Å². The van der Waals surface area contributed by atoms with Crippen LogP contribution in [0, 0.1) is 0 Å². The minimum atomic E-state index is -1.20. The van der Waals surface area contributed by atoms with E-state index in [9.17, 15) is 19.8 Å². The van der Waals surface area contributed by atoms with Gasteiger partial charge in [0.2, 0.25) is 5.89 Å². The van der Waals surface area contributed by atoms with Gasteiger partial charge in [-0.15, -0.1) is 0 Å². The third kappa shape index (κ3) is 6.73. The maximum Gasteiger partial charge on any atom is 0.408 e. The summed E-state index contributed by atoms with van der Waals surface area (Å²) in [6, 6.07) is 22.2. The lowest BCUT2D eigenvalue weighted by Gasteiger charge is -2.17. The molecule has 1 aromatic heterocycles. The van der Waals surface area contributed by atoms with Crippen molar-refractivity contribution in [3.8, 4) is 17.2 Å². The molecule has 0 radical (unpaired) electrons. The predicted octanol–water partition coefficient (Wildman–Crippen LogP) is 4.75. The molecule has 3 aromatic carbocycles. The van der Waals surface area contributed by atoms with Crippen molar-refractivity contribution in [1.82, 2.24) is 10.3 Å². The molecule has 8 nitrogen and oxygen atoms in total. The van der Waals surface area contributed by atoms with Crippen molar-refractivity contribution in [3.05, 3.63) is 108 Å². The number of phenols is 1. The van der Waals surface area contributed by atoms with Gasteiger partial charge in [0.05, 0.1) is 5.69 Å². The van der Waals surface area contributed by atoms with Gasteiger partial charge in [0.25, 0.3) is 0 Å². The molecule has 1 heterocycles. The highest BCUT2D eigenvalue weighted by molar-refractivity contribution is 5.80. The minimum absolute atomic E-state index is 0.0272. The van der Waals surface area contributed by atoms with Crippen LogP contribution in [0.3, 0.4) is 0 Å². The molecule has 1 amide bonds. The van der Waals surface area contributed by atoms with Crippen molar-refractivity contribution in [2.75, 3.05) is 0 Å². The molecule has 4 aromatic rings. The van der Waals surface area contributed by atoms with Crippen molar-refractivity contribution in [2.45, 2.75) is 31.9 Å². The lowest BCUT2D eigenvalue weighted by molar-refractivity contribution is -0.139. The molecule has 0 aliphatic heterocycles. The summed E-state index contributed by atoms with van der Waals surface area (Å²) in [6.07, 6.45) is 1.82. The summed E-state index contributed by atoms with van der Waals surface area (Å²) in [6.45, 7) is 0.0339. The Morgan fingerprint density at radius 1 is 0.944 bits per heavy atom. The number of oxazole rings is 1. The number of alkyl carbamates (subject to hydrolysis) is 1. The summed E-state index contributed by atoms with van der Waals surface area (Å²) in [5.41, 5.74) is 3.85. The molecule has 1 atom stereocenters. The third-order valence-corrected chi connectivity index (χ3v) is 5.64. The van der Waals surface area contributed by atoms with E-state index in [1.807, 2.05) is 60.7 Å². The Morgan fingerprint density at radius 2 is 1.67 bits per heavy atom. The van der Waals surface area contributed by atoms with Gasteiger partial charge in [-0.25, -0.2) is 14.6 Å². The second-order valence-electron chi connectivity index (χ2n) is 8.26. The molecule has 0 saturated heterocycles. The number of aliphatic carboxylic acids is 1. The summed E-state index contributed by atoms with van der Waals surface area (Å²) in [5.74, 6) is -0.596. The zero-order chi connectivity index (χ0) is 25.3. The number of amides is 1. The highest BCUT2D eigenvalue weighted by Crippen LogP contribution is 2.22. The number of phenolic OH excluding ortho intramolecular Hbond substituents is 1. The summed E-state index contributed by atoms with van der Waals surface area (Å²) in [5, 5.41) is 22.1. The number of carboxylic acids is 1. The Balaban J connectivity index is 1.40. The molecular formula is C28H26N2O6. The Morgan fingerprint density at radius 3 is 2.39 bits per heavy atom. The fraction of sp³-hybridized carbons (Fsp3) is 0.179. The zero-order valence-electron chi connectivity index (χ0n) is 19.5. The number of ether oxygens (including phenoxy) is 1. The van der Waals surface area contributed by atoms with Crippen LogP contribution in [0.5, 0.6) is 5.75 Å². The average molecular weight is 487 g/mol. The lowest BCUT2D eigenvalue weighted by atomic mass is 9.96. The SMILES string of the molecule is O=C(N[C@@H](Cc1ccc(O)cc1CCc1coc(-c2ccccc2)n1)C(=O)O)OCc1ccccc1. The first-order chi connectivity index (χ1) is 17.5. The second kappa shape index (κ2) is 11.7. The van der Waals surface area contributed by atoms with Crippen LogP contribution in [-0.4, -0.2) is 33.3 Å². The smallest absolute Gasteiger partial charge is 0.408 e. The molecule has 3 N–H and O–H groups in total. The van der Waals surface area contributed by atoms with Gasteiger partial charge in [0.1, 0.15) is 24.7 Å². The fourth-order valence-corrected chi connectivity index (χ4v) is 3.77. The number of aromatic nitrogens is 1. The third-order valence-electron chi connectivity index (χ3n) is 5.64. The molecule has 8 heteroatoms. The van der Waals surface area contributed by atoms with Crippen LogP contribution >= 0.6 is 0 Å². The summed E-state index contributed by atoms with van der Waals surface area (Å²) >= 11 is 0. The zero-order valence-corrected chi connectivity index (χ0v) is 19.5. The maximum absolute atomic E-state index is 12.2. The summed E-state index contributed by atoms with van der Waals surface area (Å²) in [7, 11) is 0. The van der Waals surface area contributed by atoms with Crippen LogP contribution in [-0.2, 0) is 35.4 Å². The Hall–Kier alpha value is -4.59. The van der Waals surface area contributed by atoms with Gasteiger partial charge in [-0.05, 0) is 53.8 Å². The van der Waals surface area contributed by atoms with Crippen LogP contribution in [0.1, 0.15) is 22.4 Å². The number of carboxylic acid groups (broad SMARTS) is 1. The van der Waals surface area contributed by atoms with E-state index in [0.29, 0.717) is 24.3 Å². The van der Waals surface area contributed by atoms with Gasteiger partial charge in [-0.1, -0.05) is 54.6 Å². The monoisotopic (exact) mass is 486 g/mol. The van der Waals surface area contributed by atoms with E-state index in [-0.39, 0.29) is 18.8 Å². The highest BCUT2D eigenvalue weighted by Gasteiger charge is 2.23. The van der Waals surface area contributed by atoms with Gasteiger partial charge in [-0.2, -0.15) is 0 Å². The van der Waals surface area contributed by atoms with E-state index in [2.05, 4.69) is 10.3 Å². The number of benzene rings is 3. The lowest BCUT2D eigenvalue weighted by Crippen LogP contribution is -2.42. The Kier molecular flexibility index (Phi) is 7.97. The average Bonchev–Trinajstić information content (AvgIpc) is 3.37. The van der Waals surface area contributed by atoms with Crippen molar-refractivity contribution in [2.24, 2.45) is 0 Å². The van der Waals surface area contributed by atoms with Crippen molar-refractivity contribution in [1.29, 1.82) is 0 Å². The predicted molar refractivity (Wildman–Crippen MR) is 132 cm³/mol. The molecular weight excluding hydrogens is 460 g/mol. The van der Waals surface area contributed by atoms with E-state index in [1.165, 1.54) is 6.07 Å². The highest BCUT2D eigenvalue weighted by atomic mass is 16.5. The standard InChI is InChI=1S/C28H26N2O6/c31-24-14-12-22(16-25(27(32)33)30-28(34)36-17-19-7-3-1-4-8-19)21(15-24)11-13-23-18-35-26(29-23)20-9-5-2-6-10-20/h1-10,12,14-15,18,25,31H,11,13,16-17H2,(H,30,34)(H,32,33)/t25-/m0/s1. The van der Waals surface area contributed by atoms with Gasteiger partial charge in [0.15, 0.2) is 0 Å². The van der Waals surface area contributed by atoms with E-state index in [0.717, 1.165) is 22.4 Å². The molecule has 0 spiro atoms. The van der Waals surface area contributed by atoms with Crippen molar-refractivity contribution >= 4 is 12.1 Å².